The number of nitrogens with zero attached hydrogens (tertiary/aromatic N) is 2. The summed E-state index contributed by atoms with van der Waals surface area (Å²) in [5.74, 6) is 1.28. The molecule has 5 heteroatoms. The van der Waals surface area contributed by atoms with E-state index in [2.05, 4.69) is 25.9 Å². The molecular weight excluding hydrogens is 272 g/mol. The molecular formula is C11H17BrN2O2. The van der Waals surface area contributed by atoms with Gasteiger partial charge in [-0.25, -0.2) is 4.98 Å². The van der Waals surface area contributed by atoms with Crippen molar-refractivity contribution in [1.82, 2.24) is 9.97 Å². The topological polar surface area (TPSA) is 55.2 Å². The molecule has 16 heavy (non-hydrogen) atoms. The second-order valence-electron chi connectivity index (χ2n) is 4.53. The molecule has 1 heterocycles. The van der Waals surface area contributed by atoms with Crippen LogP contribution in [0, 0.1) is 0 Å². The number of aliphatic hydroxyl groups is 1. The van der Waals surface area contributed by atoms with Crippen molar-refractivity contribution < 1.29 is 9.84 Å². The van der Waals surface area contributed by atoms with Crippen molar-refractivity contribution in [2.75, 3.05) is 13.2 Å². The molecule has 0 atom stereocenters. The maximum absolute atomic E-state index is 8.66. The fraction of sp³-hybridized carbons (Fsp3) is 0.636. The van der Waals surface area contributed by atoms with Gasteiger partial charge in [-0.1, -0.05) is 20.8 Å². The van der Waals surface area contributed by atoms with Crippen LogP contribution in [0.15, 0.2) is 10.7 Å². The highest BCUT2D eigenvalue weighted by atomic mass is 79.9. The van der Waals surface area contributed by atoms with Crippen LogP contribution < -0.4 is 4.74 Å². The Hall–Kier alpha value is -0.680. The molecule has 0 aliphatic rings. The number of aromatic nitrogens is 2. The standard InChI is InChI=1S/C11H17BrN2O2/c1-11(2,3)10-13-8(12)7-9(14-10)16-6-4-5-15/h7,15H,4-6H2,1-3H3. The molecule has 1 aromatic heterocycles. The van der Waals surface area contributed by atoms with Gasteiger partial charge in [-0.15, -0.1) is 0 Å². The fourth-order valence-corrected chi connectivity index (χ4v) is 1.41. The summed E-state index contributed by atoms with van der Waals surface area (Å²) in [6.07, 6.45) is 0.604. The molecule has 0 radical (unpaired) electrons. The monoisotopic (exact) mass is 288 g/mol. The van der Waals surface area contributed by atoms with Gasteiger partial charge in [-0.3, -0.25) is 0 Å². The van der Waals surface area contributed by atoms with Gasteiger partial charge < -0.3 is 9.84 Å². The predicted molar refractivity (Wildman–Crippen MR) is 65.6 cm³/mol. The van der Waals surface area contributed by atoms with Gasteiger partial charge in [-0.05, 0) is 15.9 Å². The first-order chi connectivity index (χ1) is 7.43. The molecule has 1 N–H and O–H groups in total. The van der Waals surface area contributed by atoms with Crippen LogP contribution in [0.25, 0.3) is 0 Å². The van der Waals surface area contributed by atoms with Crippen molar-refractivity contribution in [2.24, 2.45) is 0 Å². The van der Waals surface area contributed by atoms with Crippen molar-refractivity contribution in [2.45, 2.75) is 32.6 Å². The van der Waals surface area contributed by atoms with Gasteiger partial charge in [0.1, 0.15) is 10.4 Å². The van der Waals surface area contributed by atoms with Crippen molar-refractivity contribution in [1.29, 1.82) is 0 Å². The SMILES string of the molecule is CC(C)(C)c1nc(Br)cc(OCCCO)n1. The average molecular weight is 289 g/mol. The van der Waals surface area contributed by atoms with Crippen LogP contribution in [-0.4, -0.2) is 28.3 Å². The molecule has 1 aromatic rings. The number of aliphatic hydroxyl groups excluding tert-OH is 1. The van der Waals surface area contributed by atoms with E-state index in [0.29, 0.717) is 23.5 Å². The number of rotatable bonds is 4. The summed E-state index contributed by atoms with van der Waals surface area (Å²) < 4.78 is 6.14. The molecule has 0 bridgehead atoms. The van der Waals surface area contributed by atoms with Crippen molar-refractivity contribution >= 4 is 15.9 Å². The van der Waals surface area contributed by atoms with Crippen LogP contribution in [0.4, 0.5) is 0 Å². The normalized spacial score (nSPS) is 11.6. The molecule has 0 fully saturated rings. The smallest absolute Gasteiger partial charge is 0.217 e. The van der Waals surface area contributed by atoms with Crippen molar-refractivity contribution in [3.05, 3.63) is 16.5 Å². The molecule has 0 aromatic carbocycles. The lowest BCUT2D eigenvalue weighted by molar-refractivity contribution is 0.228. The summed E-state index contributed by atoms with van der Waals surface area (Å²) in [7, 11) is 0. The second kappa shape index (κ2) is 5.59. The summed E-state index contributed by atoms with van der Waals surface area (Å²) >= 11 is 3.33. The maximum atomic E-state index is 8.66. The van der Waals surface area contributed by atoms with E-state index in [4.69, 9.17) is 9.84 Å². The first-order valence-electron chi connectivity index (χ1n) is 5.22. The summed E-state index contributed by atoms with van der Waals surface area (Å²) in [6.45, 7) is 6.73. The third kappa shape index (κ3) is 4.06. The van der Waals surface area contributed by atoms with Gasteiger partial charge in [0.15, 0.2) is 0 Å². The van der Waals surface area contributed by atoms with E-state index in [1.54, 1.807) is 6.07 Å². The van der Waals surface area contributed by atoms with Crippen LogP contribution >= 0.6 is 15.9 Å². The Kier molecular flexibility index (Phi) is 4.68. The Bertz CT molecular complexity index is 350. The van der Waals surface area contributed by atoms with Crippen LogP contribution in [0.2, 0.25) is 0 Å². The molecule has 0 aliphatic carbocycles. The molecule has 0 amide bonds. The van der Waals surface area contributed by atoms with Gasteiger partial charge >= 0.3 is 0 Å². The zero-order chi connectivity index (χ0) is 12.2. The lowest BCUT2D eigenvalue weighted by atomic mass is 9.96. The molecule has 0 saturated heterocycles. The Morgan fingerprint density at radius 2 is 2.06 bits per heavy atom. The van der Waals surface area contributed by atoms with E-state index < -0.39 is 0 Å². The Balaban J connectivity index is 2.82. The van der Waals surface area contributed by atoms with Gasteiger partial charge in [0, 0.05) is 24.5 Å². The van der Waals surface area contributed by atoms with Crippen molar-refractivity contribution in [3.63, 3.8) is 0 Å². The quantitative estimate of drug-likeness (QED) is 0.682. The average Bonchev–Trinajstić information content (AvgIpc) is 2.16. The van der Waals surface area contributed by atoms with E-state index in [1.165, 1.54) is 0 Å². The van der Waals surface area contributed by atoms with Gasteiger partial charge in [-0.2, -0.15) is 4.98 Å². The second-order valence-corrected chi connectivity index (χ2v) is 5.34. The maximum Gasteiger partial charge on any atom is 0.217 e. The Labute approximate surface area is 104 Å². The summed E-state index contributed by atoms with van der Waals surface area (Å²) in [4.78, 5) is 8.64. The number of halogens is 1. The number of hydrogen-bond donors (Lipinski definition) is 1. The zero-order valence-corrected chi connectivity index (χ0v) is 11.4. The molecule has 0 saturated carbocycles. The third-order valence-corrected chi connectivity index (χ3v) is 2.30. The van der Waals surface area contributed by atoms with E-state index in [9.17, 15) is 0 Å². The highest BCUT2D eigenvalue weighted by molar-refractivity contribution is 9.10. The molecule has 0 spiro atoms. The summed E-state index contributed by atoms with van der Waals surface area (Å²) in [5, 5.41) is 8.66. The molecule has 90 valence electrons. The van der Waals surface area contributed by atoms with Crippen LogP contribution in [0.1, 0.15) is 33.0 Å². The van der Waals surface area contributed by atoms with E-state index >= 15 is 0 Å². The molecule has 0 unspecified atom stereocenters. The van der Waals surface area contributed by atoms with Gasteiger partial charge in [0.2, 0.25) is 5.88 Å². The lowest BCUT2D eigenvalue weighted by Gasteiger charge is -2.17. The fourth-order valence-electron chi connectivity index (χ4n) is 1.05. The first kappa shape index (κ1) is 13.4. The van der Waals surface area contributed by atoms with Crippen LogP contribution in [0.5, 0.6) is 5.88 Å². The minimum absolute atomic E-state index is 0.112. The highest BCUT2D eigenvalue weighted by Crippen LogP contribution is 2.23. The molecule has 0 aliphatic heterocycles. The van der Waals surface area contributed by atoms with Crippen molar-refractivity contribution in [3.8, 4) is 5.88 Å². The Morgan fingerprint density at radius 3 is 2.62 bits per heavy atom. The van der Waals surface area contributed by atoms with E-state index in [-0.39, 0.29) is 12.0 Å². The molecule has 4 nitrogen and oxygen atoms in total. The van der Waals surface area contributed by atoms with Crippen LogP contribution in [0.3, 0.4) is 0 Å². The third-order valence-electron chi connectivity index (χ3n) is 1.89. The van der Waals surface area contributed by atoms with E-state index in [1.807, 2.05) is 20.8 Å². The summed E-state index contributed by atoms with van der Waals surface area (Å²) in [5.41, 5.74) is -0.112. The summed E-state index contributed by atoms with van der Waals surface area (Å²) in [6, 6.07) is 1.73. The van der Waals surface area contributed by atoms with E-state index in [0.717, 1.165) is 5.82 Å². The molecule has 1 rings (SSSR count). The van der Waals surface area contributed by atoms with Gasteiger partial charge in [0.05, 0.1) is 6.61 Å². The highest BCUT2D eigenvalue weighted by Gasteiger charge is 2.19. The Morgan fingerprint density at radius 1 is 1.38 bits per heavy atom. The van der Waals surface area contributed by atoms with Gasteiger partial charge in [0.25, 0.3) is 0 Å². The number of ether oxygens (including phenoxy) is 1. The first-order valence-corrected chi connectivity index (χ1v) is 6.01. The minimum Gasteiger partial charge on any atom is -0.477 e. The van der Waals surface area contributed by atoms with Crippen LogP contribution in [-0.2, 0) is 5.41 Å². The largest absolute Gasteiger partial charge is 0.477 e. The predicted octanol–water partition coefficient (Wildman–Crippen LogP) is 2.30. The minimum atomic E-state index is -0.112. The lowest BCUT2D eigenvalue weighted by Crippen LogP contribution is -2.17. The zero-order valence-electron chi connectivity index (χ0n) is 9.83. The number of hydrogen-bond acceptors (Lipinski definition) is 4.